The Kier molecular flexibility index (Phi) is 4.38. The van der Waals surface area contributed by atoms with Crippen molar-refractivity contribution in [3.63, 3.8) is 0 Å². The lowest BCUT2D eigenvalue weighted by Crippen LogP contribution is -2.24. The second-order valence-electron chi connectivity index (χ2n) is 4.97. The fourth-order valence-electron chi connectivity index (χ4n) is 2.59. The highest BCUT2D eigenvalue weighted by Gasteiger charge is 2.32. The van der Waals surface area contributed by atoms with E-state index in [1.165, 1.54) is 0 Å². The van der Waals surface area contributed by atoms with Crippen molar-refractivity contribution in [1.29, 1.82) is 5.26 Å². The van der Waals surface area contributed by atoms with E-state index in [-0.39, 0.29) is 0 Å². The Morgan fingerprint density at radius 2 is 1.60 bits per heavy atom. The monoisotopic (exact) mass is 261 g/mol. The Hall–Kier alpha value is -2.33. The van der Waals surface area contributed by atoms with E-state index in [9.17, 15) is 5.26 Å². The van der Waals surface area contributed by atoms with Crippen molar-refractivity contribution >= 4 is 6.08 Å². The summed E-state index contributed by atoms with van der Waals surface area (Å²) >= 11 is 0. The average Bonchev–Trinajstić information content (AvgIpc) is 2.51. The number of benzene rings is 2. The van der Waals surface area contributed by atoms with Gasteiger partial charge in [0.05, 0.1) is 6.07 Å². The van der Waals surface area contributed by atoms with Crippen LogP contribution >= 0.6 is 0 Å². The molecule has 1 unspecified atom stereocenters. The quantitative estimate of drug-likeness (QED) is 0.763. The fraction of sp³-hybridized carbons (Fsp3) is 0.211. The molecule has 0 bridgehead atoms. The maximum Gasteiger partial charge on any atom is 0.103 e. The van der Waals surface area contributed by atoms with Gasteiger partial charge in [-0.1, -0.05) is 73.7 Å². The van der Waals surface area contributed by atoms with E-state index in [2.05, 4.69) is 31.2 Å². The summed E-state index contributed by atoms with van der Waals surface area (Å²) in [4.78, 5) is 0. The molecule has 2 rings (SSSR count). The number of hydrogen-bond donors (Lipinski definition) is 0. The topological polar surface area (TPSA) is 23.8 Å². The maximum absolute atomic E-state index is 9.79. The van der Waals surface area contributed by atoms with Gasteiger partial charge in [-0.05, 0) is 30.0 Å². The van der Waals surface area contributed by atoms with Crippen molar-refractivity contribution in [2.75, 3.05) is 0 Å². The number of nitrogens with zero attached hydrogens (tertiary/aromatic N) is 1. The van der Waals surface area contributed by atoms with Crippen molar-refractivity contribution in [2.45, 2.75) is 25.7 Å². The van der Waals surface area contributed by atoms with Crippen LogP contribution in [0.4, 0.5) is 0 Å². The van der Waals surface area contributed by atoms with E-state index < -0.39 is 5.41 Å². The molecule has 0 heterocycles. The third-order valence-corrected chi connectivity index (χ3v) is 3.84. The van der Waals surface area contributed by atoms with Gasteiger partial charge in [-0.25, -0.2) is 0 Å². The minimum Gasteiger partial charge on any atom is -0.197 e. The van der Waals surface area contributed by atoms with Gasteiger partial charge in [-0.3, -0.25) is 0 Å². The van der Waals surface area contributed by atoms with E-state index in [0.29, 0.717) is 0 Å². The molecule has 0 aliphatic carbocycles. The Balaban J connectivity index is 2.49. The van der Waals surface area contributed by atoms with Crippen molar-refractivity contribution in [1.82, 2.24) is 0 Å². The van der Waals surface area contributed by atoms with Crippen molar-refractivity contribution in [3.8, 4) is 6.07 Å². The van der Waals surface area contributed by atoms with Crippen LogP contribution in [0.3, 0.4) is 0 Å². The highest BCUT2D eigenvalue weighted by molar-refractivity contribution is 5.59. The molecule has 0 N–H and O–H groups in total. The minimum absolute atomic E-state index is 0.545. The Labute approximate surface area is 121 Å². The molecule has 0 saturated heterocycles. The molecule has 100 valence electrons. The lowest BCUT2D eigenvalue weighted by molar-refractivity contribution is 0.621. The SMILES string of the molecule is CCC(C#N)(/C(C)=C/c1ccccc1)c1ccccc1. The zero-order valence-electron chi connectivity index (χ0n) is 12.0. The predicted molar refractivity (Wildman–Crippen MR) is 84.1 cm³/mol. The fourth-order valence-corrected chi connectivity index (χ4v) is 2.59. The second kappa shape index (κ2) is 6.21. The zero-order valence-corrected chi connectivity index (χ0v) is 12.0. The second-order valence-corrected chi connectivity index (χ2v) is 4.97. The molecule has 0 spiro atoms. The molecule has 1 heteroatoms. The van der Waals surface area contributed by atoms with Gasteiger partial charge in [0.15, 0.2) is 0 Å². The molecule has 0 saturated carbocycles. The van der Waals surface area contributed by atoms with Crippen LogP contribution in [0.15, 0.2) is 66.2 Å². The van der Waals surface area contributed by atoms with Gasteiger partial charge in [0, 0.05) is 0 Å². The Morgan fingerprint density at radius 1 is 1.05 bits per heavy atom. The summed E-state index contributed by atoms with van der Waals surface area (Å²) in [6, 6.07) is 22.7. The molecule has 1 nitrogen and oxygen atoms in total. The van der Waals surface area contributed by atoms with E-state index in [1.54, 1.807) is 0 Å². The summed E-state index contributed by atoms with van der Waals surface area (Å²) in [6.07, 6.45) is 2.88. The molecule has 0 aliphatic heterocycles. The molecule has 0 fully saturated rings. The van der Waals surface area contributed by atoms with Crippen LogP contribution in [-0.2, 0) is 5.41 Å². The molecule has 0 amide bonds. The first-order valence-corrected chi connectivity index (χ1v) is 6.93. The first-order chi connectivity index (χ1) is 9.73. The third-order valence-electron chi connectivity index (χ3n) is 3.84. The first-order valence-electron chi connectivity index (χ1n) is 6.93. The van der Waals surface area contributed by atoms with E-state index >= 15 is 0 Å². The van der Waals surface area contributed by atoms with Gasteiger partial charge in [0.25, 0.3) is 0 Å². The van der Waals surface area contributed by atoms with Crippen LogP contribution in [0.1, 0.15) is 31.4 Å². The number of nitriles is 1. The standard InChI is InChI=1S/C19H19N/c1-3-19(15-20,18-12-8-5-9-13-18)16(2)14-17-10-6-4-7-11-17/h4-14H,3H2,1-2H3/b16-14+. The Morgan fingerprint density at radius 3 is 2.10 bits per heavy atom. The highest BCUT2D eigenvalue weighted by atomic mass is 14.4. The van der Waals surface area contributed by atoms with Gasteiger partial charge >= 0.3 is 0 Å². The van der Waals surface area contributed by atoms with Crippen LogP contribution in [0.5, 0.6) is 0 Å². The third kappa shape index (κ3) is 2.65. The summed E-state index contributed by atoms with van der Waals surface area (Å²) in [6.45, 7) is 4.12. The average molecular weight is 261 g/mol. The summed E-state index contributed by atoms with van der Waals surface area (Å²) in [5.74, 6) is 0. The van der Waals surface area contributed by atoms with E-state index in [0.717, 1.165) is 23.1 Å². The zero-order chi connectivity index (χ0) is 14.4. The van der Waals surface area contributed by atoms with Crippen LogP contribution in [-0.4, -0.2) is 0 Å². The van der Waals surface area contributed by atoms with Crippen LogP contribution in [0.2, 0.25) is 0 Å². The largest absolute Gasteiger partial charge is 0.197 e. The first kappa shape index (κ1) is 14.1. The molecule has 0 radical (unpaired) electrons. The van der Waals surface area contributed by atoms with Gasteiger partial charge in [0.1, 0.15) is 5.41 Å². The van der Waals surface area contributed by atoms with Crippen LogP contribution in [0, 0.1) is 11.3 Å². The maximum atomic E-state index is 9.79. The molecule has 2 aromatic rings. The molecular formula is C19H19N. The molecule has 20 heavy (non-hydrogen) atoms. The van der Waals surface area contributed by atoms with Crippen molar-refractivity contribution in [3.05, 3.63) is 77.4 Å². The van der Waals surface area contributed by atoms with Gasteiger partial charge < -0.3 is 0 Å². The molecule has 2 aromatic carbocycles. The lowest BCUT2D eigenvalue weighted by Gasteiger charge is -2.27. The molecular weight excluding hydrogens is 242 g/mol. The number of hydrogen-bond acceptors (Lipinski definition) is 1. The molecule has 0 aliphatic rings. The molecule has 1 atom stereocenters. The number of rotatable bonds is 4. The van der Waals surface area contributed by atoms with Gasteiger partial charge in [0.2, 0.25) is 0 Å². The van der Waals surface area contributed by atoms with Crippen LogP contribution < -0.4 is 0 Å². The predicted octanol–water partition coefficient (Wildman–Crippen LogP) is 4.96. The number of allylic oxidation sites excluding steroid dienone is 1. The van der Waals surface area contributed by atoms with E-state index in [4.69, 9.17) is 0 Å². The van der Waals surface area contributed by atoms with Crippen LogP contribution in [0.25, 0.3) is 6.08 Å². The summed E-state index contributed by atoms with van der Waals surface area (Å²) < 4.78 is 0. The van der Waals surface area contributed by atoms with Crippen molar-refractivity contribution < 1.29 is 0 Å². The van der Waals surface area contributed by atoms with Gasteiger partial charge in [-0.15, -0.1) is 0 Å². The van der Waals surface area contributed by atoms with Crippen molar-refractivity contribution in [2.24, 2.45) is 0 Å². The smallest absolute Gasteiger partial charge is 0.103 e. The summed E-state index contributed by atoms with van der Waals surface area (Å²) in [7, 11) is 0. The lowest BCUT2D eigenvalue weighted by atomic mass is 9.73. The van der Waals surface area contributed by atoms with Gasteiger partial charge in [-0.2, -0.15) is 5.26 Å². The minimum atomic E-state index is -0.545. The van der Waals surface area contributed by atoms with E-state index in [1.807, 2.05) is 55.5 Å². The highest BCUT2D eigenvalue weighted by Crippen LogP contribution is 2.35. The molecule has 0 aromatic heterocycles. The normalized spacial score (nSPS) is 14.3. The summed E-state index contributed by atoms with van der Waals surface area (Å²) in [5, 5.41) is 9.79. The Bertz CT molecular complexity index is 620. The summed E-state index contributed by atoms with van der Waals surface area (Å²) in [5.41, 5.74) is 2.74.